The summed E-state index contributed by atoms with van der Waals surface area (Å²) in [5.74, 6) is -0.731. The molecule has 7 nitrogen and oxygen atoms in total. The van der Waals surface area contributed by atoms with Gasteiger partial charge in [0.25, 0.3) is 0 Å². The molecule has 1 aromatic carbocycles. The summed E-state index contributed by atoms with van der Waals surface area (Å²) >= 11 is 6.54. The van der Waals surface area contributed by atoms with Crippen LogP contribution in [0.25, 0.3) is 22.2 Å². The van der Waals surface area contributed by atoms with Gasteiger partial charge in [-0.3, -0.25) is 14.6 Å². The largest absolute Gasteiger partial charge is 0.361 e. The minimum atomic E-state index is -0.674. The maximum Gasteiger partial charge on any atom is 0.223 e. The number of benzene rings is 1. The van der Waals surface area contributed by atoms with Crippen LogP contribution in [0.3, 0.4) is 0 Å². The Morgan fingerprint density at radius 2 is 2.03 bits per heavy atom. The van der Waals surface area contributed by atoms with E-state index in [-0.39, 0.29) is 28.0 Å². The molecule has 2 atom stereocenters. The summed E-state index contributed by atoms with van der Waals surface area (Å²) in [5, 5.41) is 1.24. The number of imidazole rings is 1. The molecular weight excluding hydrogens is 517 g/mol. The molecule has 3 aromatic rings. The predicted octanol–water partition coefficient (Wildman–Crippen LogP) is 5.27. The lowest BCUT2D eigenvalue weighted by Gasteiger charge is -2.42. The number of H-pyrrole nitrogens is 2. The van der Waals surface area contributed by atoms with Gasteiger partial charge in [0.05, 0.1) is 35.4 Å². The first-order chi connectivity index (χ1) is 18.9. The first-order valence-corrected chi connectivity index (χ1v) is 13.5. The summed E-state index contributed by atoms with van der Waals surface area (Å²) in [4.78, 5) is 43.9. The fourth-order valence-electron chi connectivity index (χ4n) is 6.97. The van der Waals surface area contributed by atoms with Crippen LogP contribution >= 0.6 is 11.6 Å². The highest BCUT2D eigenvalue weighted by molar-refractivity contribution is 6.40. The van der Waals surface area contributed by atoms with Crippen LogP contribution in [0.15, 0.2) is 87.0 Å². The van der Waals surface area contributed by atoms with Crippen molar-refractivity contribution in [2.75, 3.05) is 13.1 Å². The van der Waals surface area contributed by atoms with Crippen molar-refractivity contribution < 1.29 is 14.0 Å². The van der Waals surface area contributed by atoms with Gasteiger partial charge in [-0.25, -0.2) is 9.37 Å². The van der Waals surface area contributed by atoms with Crippen molar-refractivity contribution in [2.45, 2.75) is 31.2 Å². The Balaban J connectivity index is 1.32. The molecule has 1 amide bonds. The van der Waals surface area contributed by atoms with E-state index in [1.807, 2.05) is 29.3 Å². The van der Waals surface area contributed by atoms with Crippen LogP contribution in [0.5, 0.6) is 0 Å². The molecule has 2 N–H and O–H groups in total. The van der Waals surface area contributed by atoms with E-state index in [1.165, 1.54) is 12.3 Å². The maximum atomic E-state index is 15.3. The number of fused-ring (bicyclic) bond motifs is 6. The second kappa shape index (κ2) is 7.99. The van der Waals surface area contributed by atoms with Crippen molar-refractivity contribution in [1.29, 1.82) is 0 Å². The van der Waals surface area contributed by atoms with Crippen molar-refractivity contribution >= 4 is 40.4 Å². The number of nitrogens with one attached hydrogen (secondary N) is 2. The highest BCUT2D eigenvalue weighted by Gasteiger charge is 2.62. The average Bonchev–Trinajstić information content (AvgIpc) is 3.24. The molecule has 9 heteroatoms. The number of amides is 1. The summed E-state index contributed by atoms with van der Waals surface area (Å²) < 4.78 is 15.3. The molecule has 39 heavy (non-hydrogen) atoms. The highest BCUT2D eigenvalue weighted by atomic mass is 35.5. The number of rotatable bonds is 2. The number of aliphatic imine (C=N–C) groups is 1. The monoisotopic (exact) mass is 539 g/mol. The van der Waals surface area contributed by atoms with Crippen LogP contribution in [0, 0.1) is 5.41 Å². The van der Waals surface area contributed by atoms with E-state index in [2.05, 4.69) is 21.0 Å². The van der Waals surface area contributed by atoms with Crippen LogP contribution in [0.4, 0.5) is 4.39 Å². The zero-order valence-electron chi connectivity index (χ0n) is 20.8. The fourth-order valence-corrected chi connectivity index (χ4v) is 7.23. The van der Waals surface area contributed by atoms with Crippen LogP contribution in [0.1, 0.15) is 31.0 Å². The van der Waals surface area contributed by atoms with Crippen LogP contribution < -0.4 is 0 Å². The minimum absolute atomic E-state index is 0.112. The number of aromatic nitrogens is 3. The first-order valence-electron chi connectivity index (χ1n) is 13.1. The summed E-state index contributed by atoms with van der Waals surface area (Å²) in [6.45, 7) is 0.708. The van der Waals surface area contributed by atoms with E-state index in [1.54, 1.807) is 6.20 Å². The molecule has 0 bridgehead atoms. The Bertz CT molecular complexity index is 1780. The first kappa shape index (κ1) is 22.9. The third-order valence-electron chi connectivity index (χ3n) is 8.86. The van der Waals surface area contributed by atoms with Crippen molar-refractivity contribution in [3.05, 3.63) is 87.8 Å². The summed E-state index contributed by atoms with van der Waals surface area (Å²) in [5.41, 5.74) is 5.14. The minimum Gasteiger partial charge on any atom is -0.361 e. The lowest BCUT2D eigenvalue weighted by Crippen LogP contribution is -2.46. The molecule has 5 heterocycles. The van der Waals surface area contributed by atoms with Gasteiger partial charge < -0.3 is 14.9 Å². The van der Waals surface area contributed by atoms with Crippen LogP contribution in [-0.4, -0.2) is 56.9 Å². The van der Waals surface area contributed by atoms with Crippen molar-refractivity contribution in [2.24, 2.45) is 10.4 Å². The standard InChI is InChI=1S/C30H23ClFN5O2/c31-21-12-33-11-19-26(18-8-17(38)9-22(32)27(18)21)20(14-37-25(39)10-30(4-5-30)28(19)37)29-35-13-24(36-29)15-1-2-23-16(7-15)3-6-34-23/h1-3,6-9,12-13,20,28,34H,4-5,10-11,14H2,(H,35,36)/t20?,28-/m0/s1. The van der Waals surface area contributed by atoms with Crippen LogP contribution in [-0.2, 0) is 9.59 Å². The molecule has 2 aliphatic carbocycles. The number of allylic oxidation sites excluding steroid dienone is 6. The van der Waals surface area contributed by atoms with E-state index in [4.69, 9.17) is 16.6 Å². The third-order valence-corrected chi connectivity index (χ3v) is 9.15. The molecule has 1 spiro atoms. The molecule has 3 aliphatic heterocycles. The molecule has 0 radical (unpaired) electrons. The van der Waals surface area contributed by atoms with E-state index in [0.29, 0.717) is 30.9 Å². The third kappa shape index (κ3) is 3.34. The highest BCUT2D eigenvalue weighted by Crippen LogP contribution is 2.62. The number of carbonyl (C=O) groups excluding carboxylic acids is 2. The molecule has 194 valence electrons. The lowest BCUT2D eigenvalue weighted by molar-refractivity contribution is -0.129. The van der Waals surface area contributed by atoms with E-state index in [0.717, 1.165) is 52.2 Å². The van der Waals surface area contributed by atoms with E-state index in [9.17, 15) is 9.59 Å². The van der Waals surface area contributed by atoms with Gasteiger partial charge in [0, 0.05) is 58.9 Å². The normalized spacial score (nSPS) is 25.4. The van der Waals surface area contributed by atoms with Gasteiger partial charge >= 0.3 is 0 Å². The molecule has 1 saturated carbocycles. The van der Waals surface area contributed by atoms with Crippen molar-refractivity contribution in [3.8, 4) is 11.3 Å². The average molecular weight is 540 g/mol. The zero-order chi connectivity index (χ0) is 26.5. The second-order valence-electron chi connectivity index (χ2n) is 11.1. The van der Waals surface area contributed by atoms with Gasteiger partial charge in [0.2, 0.25) is 5.91 Å². The Hall–Kier alpha value is -4.04. The molecule has 2 aromatic heterocycles. The maximum absolute atomic E-state index is 15.3. The number of nitrogens with zero attached hydrogens (tertiary/aromatic N) is 3. The van der Waals surface area contributed by atoms with Gasteiger partial charge in [0.15, 0.2) is 5.78 Å². The van der Waals surface area contributed by atoms with Crippen molar-refractivity contribution in [1.82, 2.24) is 19.9 Å². The van der Waals surface area contributed by atoms with Gasteiger partial charge in [-0.15, -0.1) is 0 Å². The molecule has 1 saturated heterocycles. The van der Waals surface area contributed by atoms with Gasteiger partial charge in [0.1, 0.15) is 11.7 Å². The molecule has 8 rings (SSSR count). The van der Waals surface area contributed by atoms with E-state index < -0.39 is 17.5 Å². The molecule has 5 aliphatic rings. The predicted molar refractivity (Wildman–Crippen MR) is 146 cm³/mol. The number of halogens is 2. The topological polar surface area (TPSA) is 94.2 Å². The second-order valence-corrected chi connectivity index (χ2v) is 11.5. The Morgan fingerprint density at radius 1 is 1.15 bits per heavy atom. The Morgan fingerprint density at radius 3 is 2.87 bits per heavy atom. The van der Waals surface area contributed by atoms with Gasteiger partial charge in [-0.2, -0.15) is 0 Å². The number of hydrogen-bond acceptors (Lipinski definition) is 4. The number of carbonyl (C=O) groups is 2. The van der Waals surface area contributed by atoms with E-state index >= 15 is 4.39 Å². The number of aromatic amines is 2. The zero-order valence-corrected chi connectivity index (χ0v) is 21.6. The summed E-state index contributed by atoms with van der Waals surface area (Å²) in [6.07, 6.45) is 10.0. The Kier molecular flexibility index (Phi) is 4.69. The number of hydrogen-bond donors (Lipinski definition) is 2. The van der Waals surface area contributed by atoms with Crippen LogP contribution in [0.2, 0.25) is 0 Å². The lowest BCUT2D eigenvalue weighted by atomic mass is 9.74. The molecular formula is C30H23ClFN5O2. The van der Waals surface area contributed by atoms with Crippen molar-refractivity contribution in [3.63, 3.8) is 0 Å². The summed E-state index contributed by atoms with van der Waals surface area (Å²) in [7, 11) is 0. The van der Waals surface area contributed by atoms with Gasteiger partial charge in [-0.1, -0.05) is 17.7 Å². The fraction of sp³-hybridized carbons (Fsp3) is 0.267. The molecule has 1 unspecified atom stereocenters. The Labute approximate surface area is 227 Å². The summed E-state index contributed by atoms with van der Waals surface area (Å²) in [6, 6.07) is 8.02. The smallest absolute Gasteiger partial charge is 0.223 e. The number of ketones is 1. The molecule has 2 fully saturated rings. The quantitative estimate of drug-likeness (QED) is 0.464. The van der Waals surface area contributed by atoms with Gasteiger partial charge in [-0.05, 0) is 53.8 Å². The SMILES string of the molecule is O=C1C=C(F)C2=C(Cl)C=NCC3=C(C2=C1)C(c1ncc(-c2ccc4[nH]ccc4c2)[nH]1)CN1C(=O)CC2(CC2)[C@H]31.